The van der Waals surface area contributed by atoms with Crippen LogP contribution in [-0.2, 0) is 17.8 Å². The van der Waals surface area contributed by atoms with Gasteiger partial charge < -0.3 is 19.2 Å². The van der Waals surface area contributed by atoms with Crippen LogP contribution in [0.1, 0.15) is 42.1 Å². The average Bonchev–Trinajstić information content (AvgIpc) is 3.60. The van der Waals surface area contributed by atoms with E-state index >= 15 is 4.39 Å². The van der Waals surface area contributed by atoms with Crippen molar-refractivity contribution in [3.63, 3.8) is 0 Å². The van der Waals surface area contributed by atoms with Crippen LogP contribution < -0.4 is 10.9 Å². The molecule has 9 heteroatoms. The van der Waals surface area contributed by atoms with Crippen LogP contribution in [0.2, 0.25) is 0 Å². The van der Waals surface area contributed by atoms with E-state index < -0.39 is 0 Å². The van der Waals surface area contributed by atoms with Gasteiger partial charge in [0, 0.05) is 55.8 Å². The molecule has 1 aliphatic heterocycles. The lowest BCUT2D eigenvalue weighted by molar-refractivity contribution is 0.0610. The van der Waals surface area contributed by atoms with Crippen molar-refractivity contribution in [1.29, 1.82) is 0 Å². The smallest absolute Gasteiger partial charge is 0.252 e. The molecule has 6 rings (SSSR count). The molecule has 0 unspecified atom stereocenters. The molecule has 1 N–H and O–H groups in total. The number of rotatable bonds is 8. The molecule has 1 atom stereocenters. The number of hydrogen-bond acceptors (Lipinski definition) is 6. The molecule has 1 fully saturated rings. The van der Waals surface area contributed by atoms with Crippen molar-refractivity contribution in [3.05, 3.63) is 99.6 Å². The second kappa shape index (κ2) is 11.3. The highest BCUT2D eigenvalue weighted by Gasteiger charge is 2.21. The summed E-state index contributed by atoms with van der Waals surface area (Å²) in [6, 6.07) is 15.0. The summed E-state index contributed by atoms with van der Waals surface area (Å²) < 4.78 is 24.7. The Balaban J connectivity index is 1.29. The molecule has 1 saturated heterocycles. The maximum Gasteiger partial charge on any atom is 0.252 e. The molecule has 7 nitrogen and oxygen atoms in total. The SMILES string of the molecule is Cc1nc(N[C@H](C)c2sc(-c3ccccc3Cn3cccc3)cc2F)c2cn(CC3CCOCC3)c(=O)cc2n1. The lowest BCUT2D eigenvalue weighted by atomic mass is 10.0. The van der Waals surface area contributed by atoms with Gasteiger partial charge in [-0.15, -0.1) is 11.3 Å². The van der Waals surface area contributed by atoms with Crippen molar-refractivity contribution in [2.24, 2.45) is 5.92 Å². The monoisotopic (exact) mass is 557 g/mol. The zero-order chi connectivity index (χ0) is 27.6. The average molecular weight is 558 g/mol. The number of aromatic nitrogens is 4. The highest BCUT2D eigenvalue weighted by Crippen LogP contribution is 2.37. The van der Waals surface area contributed by atoms with E-state index in [9.17, 15) is 4.79 Å². The number of aryl methyl sites for hydroxylation is 1. The van der Waals surface area contributed by atoms with E-state index in [4.69, 9.17) is 4.74 Å². The summed E-state index contributed by atoms with van der Waals surface area (Å²) in [5, 5.41) is 4.18. The molecule has 0 saturated carbocycles. The highest BCUT2D eigenvalue weighted by atomic mass is 32.1. The van der Waals surface area contributed by atoms with Crippen LogP contribution >= 0.6 is 11.3 Å². The Labute approximate surface area is 236 Å². The third-order valence-corrected chi connectivity index (χ3v) is 8.80. The van der Waals surface area contributed by atoms with Crippen molar-refractivity contribution >= 4 is 28.1 Å². The molecule has 0 amide bonds. The molecule has 0 bridgehead atoms. The van der Waals surface area contributed by atoms with E-state index in [1.807, 2.05) is 55.8 Å². The predicted octanol–water partition coefficient (Wildman–Crippen LogP) is 6.42. The van der Waals surface area contributed by atoms with E-state index in [0.717, 1.165) is 47.4 Å². The van der Waals surface area contributed by atoms with Gasteiger partial charge in [-0.25, -0.2) is 14.4 Å². The second-order valence-electron chi connectivity index (χ2n) is 10.4. The Kier molecular flexibility index (Phi) is 7.49. The number of ether oxygens (including phenoxy) is 1. The van der Waals surface area contributed by atoms with Crippen LogP contribution in [0.4, 0.5) is 10.2 Å². The zero-order valence-corrected chi connectivity index (χ0v) is 23.5. The van der Waals surface area contributed by atoms with Crippen LogP contribution in [0, 0.1) is 18.7 Å². The first-order valence-corrected chi connectivity index (χ1v) is 14.5. The van der Waals surface area contributed by atoms with Gasteiger partial charge in [-0.1, -0.05) is 24.3 Å². The molecule has 0 aliphatic carbocycles. The molecular formula is C31H32FN5O2S. The number of nitrogens with one attached hydrogen (secondary N) is 1. The van der Waals surface area contributed by atoms with E-state index in [0.29, 0.717) is 41.0 Å². The Morgan fingerprint density at radius 1 is 1.12 bits per heavy atom. The second-order valence-corrected chi connectivity index (χ2v) is 11.5. The Morgan fingerprint density at radius 2 is 1.90 bits per heavy atom. The number of hydrogen-bond donors (Lipinski definition) is 1. The summed E-state index contributed by atoms with van der Waals surface area (Å²) in [4.78, 5) is 23.5. The number of thiophene rings is 1. The summed E-state index contributed by atoms with van der Waals surface area (Å²) in [7, 11) is 0. The first-order valence-electron chi connectivity index (χ1n) is 13.7. The maximum absolute atomic E-state index is 15.4. The Hall–Kier alpha value is -3.82. The van der Waals surface area contributed by atoms with Gasteiger partial charge in [-0.2, -0.15) is 0 Å². The van der Waals surface area contributed by atoms with Gasteiger partial charge in [0.2, 0.25) is 0 Å². The van der Waals surface area contributed by atoms with E-state index in [2.05, 4.69) is 25.9 Å². The fourth-order valence-electron chi connectivity index (χ4n) is 5.37. The molecule has 1 aliphatic rings. The minimum atomic E-state index is -0.344. The van der Waals surface area contributed by atoms with Crippen molar-refractivity contribution in [3.8, 4) is 10.4 Å². The van der Waals surface area contributed by atoms with Crippen LogP contribution in [0.25, 0.3) is 21.3 Å². The molecule has 40 heavy (non-hydrogen) atoms. The Morgan fingerprint density at radius 3 is 2.70 bits per heavy atom. The molecule has 1 aromatic carbocycles. The van der Waals surface area contributed by atoms with E-state index in [-0.39, 0.29) is 17.4 Å². The third-order valence-electron chi connectivity index (χ3n) is 7.47. The van der Waals surface area contributed by atoms with Gasteiger partial charge in [-0.3, -0.25) is 4.79 Å². The lowest BCUT2D eigenvalue weighted by Gasteiger charge is -2.23. The largest absolute Gasteiger partial charge is 0.381 e. The molecule has 4 aromatic heterocycles. The minimum Gasteiger partial charge on any atom is -0.381 e. The van der Waals surface area contributed by atoms with Crippen LogP contribution in [0.5, 0.6) is 0 Å². The number of pyridine rings is 1. The van der Waals surface area contributed by atoms with Gasteiger partial charge in [-0.05, 0) is 61.9 Å². The third kappa shape index (κ3) is 5.57. The topological polar surface area (TPSA) is 74.0 Å². The summed E-state index contributed by atoms with van der Waals surface area (Å²) in [5.74, 6) is 1.29. The standard InChI is InChI=1S/C31H32FN5O2S/c1-20(30-26(32)15-28(40-30)24-8-4-3-7-23(24)18-36-11-5-6-12-36)33-31-25-19-37(17-22-9-13-39-14-10-22)29(38)16-27(25)34-21(2)35-31/h3-8,11-12,15-16,19-20,22H,9-10,13-14,17-18H2,1-2H3,(H,33,34,35)/t20-/m1/s1. The molecule has 5 aromatic rings. The fraction of sp³-hybridized carbons (Fsp3) is 0.323. The van der Waals surface area contributed by atoms with Crippen molar-refractivity contribution < 1.29 is 9.13 Å². The fourth-order valence-corrected chi connectivity index (χ4v) is 6.47. The van der Waals surface area contributed by atoms with E-state index in [1.165, 1.54) is 11.3 Å². The molecule has 206 valence electrons. The first kappa shape index (κ1) is 26.4. The normalized spacial score (nSPS) is 15.0. The Bertz CT molecular complexity index is 1690. The van der Waals surface area contributed by atoms with Crippen LogP contribution in [0.15, 0.2) is 71.9 Å². The molecule has 5 heterocycles. The summed E-state index contributed by atoms with van der Waals surface area (Å²) in [6.07, 6.45) is 7.77. The van der Waals surface area contributed by atoms with Gasteiger partial charge in [0.1, 0.15) is 17.5 Å². The summed E-state index contributed by atoms with van der Waals surface area (Å²) in [6.45, 7) is 6.54. The van der Waals surface area contributed by atoms with Gasteiger partial charge in [0.25, 0.3) is 5.56 Å². The quantitative estimate of drug-likeness (QED) is 0.238. The number of fused-ring (bicyclic) bond motifs is 1. The number of halogens is 1. The van der Waals surface area contributed by atoms with Gasteiger partial charge in [0.15, 0.2) is 0 Å². The van der Waals surface area contributed by atoms with Gasteiger partial charge >= 0.3 is 0 Å². The molecule has 0 radical (unpaired) electrons. The number of anilines is 1. The maximum atomic E-state index is 15.4. The van der Waals surface area contributed by atoms with Crippen molar-refractivity contribution in [2.75, 3.05) is 18.5 Å². The first-order chi connectivity index (χ1) is 19.4. The number of benzene rings is 1. The number of nitrogens with zero attached hydrogens (tertiary/aromatic N) is 4. The summed E-state index contributed by atoms with van der Waals surface area (Å²) >= 11 is 1.45. The van der Waals surface area contributed by atoms with Crippen molar-refractivity contribution in [1.82, 2.24) is 19.1 Å². The van der Waals surface area contributed by atoms with Crippen LogP contribution in [-0.4, -0.2) is 32.3 Å². The molecule has 0 spiro atoms. The van der Waals surface area contributed by atoms with Gasteiger partial charge in [0.05, 0.1) is 21.8 Å². The van der Waals surface area contributed by atoms with Crippen LogP contribution in [0.3, 0.4) is 0 Å². The highest BCUT2D eigenvalue weighted by molar-refractivity contribution is 7.15. The van der Waals surface area contributed by atoms with E-state index in [1.54, 1.807) is 23.6 Å². The van der Waals surface area contributed by atoms with Crippen molar-refractivity contribution in [2.45, 2.75) is 45.8 Å². The zero-order valence-electron chi connectivity index (χ0n) is 22.6. The molecular weight excluding hydrogens is 525 g/mol. The lowest BCUT2D eigenvalue weighted by Crippen LogP contribution is -2.27. The predicted molar refractivity (Wildman–Crippen MR) is 157 cm³/mol. The summed E-state index contributed by atoms with van der Waals surface area (Å²) in [5.41, 5.74) is 2.66. The minimum absolute atomic E-state index is 0.0800.